The summed E-state index contributed by atoms with van der Waals surface area (Å²) in [6.45, 7) is 5.71. The molecule has 178 valence electrons. The van der Waals surface area contributed by atoms with Crippen molar-refractivity contribution in [3.63, 3.8) is 0 Å². The van der Waals surface area contributed by atoms with Gasteiger partial charge in [0.15, 0.2) is 0 Å². The fourth-order valence-corrected chi connectivity index (χ4v) is 3.43. The molecule has 0 radical (unpaired) electrons. The van der Waals surface area contributed by atoms with Gasteiger partial charge in [0.2, 0.25) is 11.7 Å². The molecule has 1 aliphatic rings. The first-order valence-electron chi connectivity index (χ1n) is 10.2. The predicted molar refractivity (Wildman–Crippen MR) is 113 cm³/mol. The van der Waals surface area contributed by atoms with Crippen molar-refractivity contribution < 1.29 is 27.5 Å². The van der Waals surface area contributed by atoms with Crippen LogP contribution in [-0.4, -0.2) is 50.0 Å². The Bertz CT molecular complexity index is 1030. The Balaban J connectivity index is 1.69. The lowest BCUT2D eigenvalue weighted by atomic mass is 10.1. The van der Waals surface area contributed by atoms with Crippen LogP contribution >= 0.6 is 11.6 Å². The number of nitrogens with one attached hydrogen (secondary N) is 1. The maximum absolute atomic E-state index is 12.8. The summed E-state index contributed by atoms with van der Waals surface area (Å²) in [4.78, 5) is 37.3. The minimum atomic E-state index is -4.64. The van der Waals surface area contributed by atoms with Gasteiger partial charge in [-0.1, -0.05) is 11.6 Å². The molecule has 1 saturated heterocycles. The van der Waals surface area contributed by atoms with Gasteiger partial charge in [-0.05, 0) is 45.2 Å². The molecule has 1 N–H and O–H groups in total. The van der Waals surface area contributed by atoms with Crippen LogP contribution in [0.3, 0.4) is 0 Å². The molecule has 1 unspecified atom stereocenters. The molecule has 0 aromatic carbocycles. The Morgan fingerprint density at radius 2 is 1.85 bits per heavy atom. The predicted octanol–water partition coefficient (Wildman–Crippen LogP) is 4.23. The number of pyridine rings is 1. The maximum Gasteiger partial charge on any atom is 0.451 e. The van der Waals surface area contributed by atoms with Crippen LogP contribution in [0.25, 0.3) is 11.3 Å². The summed E-state index contributed by atoms with van der Waals surface area (Å²) in [6, 6.07) is 0.873. The third-order valence-electron chi connectivity index (χ3n) is 4.77. The maximum atomic E-state index is 12.8. The number of likely N-dealkylation sites (tertiary alicyclic amines) is 1. The van der Waals surface area contributed by atoms with Crippen LogP contribution in [0.15, 0.2) is 24.7 Å². The highest BCUT2D eigenvalue weighted by molar-refractivity contribution is 6.31. The zero-order valence-corrected chi connectivity index (χ0v) is 19.0. The van der Waals surface area contributed by atoms with E-state index in [9.17, 15) is 22.8 Å². The molecule has 0 bridgehead atoms. The van der Waals surface area contributed by atoms with E-state index in [0.29, 0.717) is 30.6 Å². The van der Waals surface area contributed by atoms with Crippen LogP contribution in [0.4, 0.5) is 18.0 Å². The summed E-state index contributed by atoms with van der Waals surface area (Å²) < 4.78 is 43.4. The third kappa shape index (κ3) is 6.31. The van der Waals surface area contributed by atoms with Crippen molar-refractivity contribution >= 4 is 23.6 Å². The summed E-state index contributed by atoms with van der Waals surface area (Å²) in [5.41, 5.74) is 0.383. The van der Waals surface area contributed by atoms with Gasteiger partial charge >= 0.3 is 12.3 Å². The number of amides is 2. The standard InChI is InChI=1S/C21H23ClF3N5O3/c1-20(2,3)33-19(32)30-6-4-5-16(30)17(31)27-8-12-7-15(26-11-14(12)22)13-9-28-18(29-10-13)21(23,24)25/h7,9-11,16H,4-6,8H2,1-3H3,(H,27,31). The van der Waals surface area contributed by atoms with Gasteiger partial charge in [-0.3, -0.25) is 14.7 Å². The van der Waals surface area contributed by atoms with E-state index in [0.717, 1.165) is 12.4 Å². The molecule has 0 spiro atoms. The first-order valence-corrected chi connectivity index (χ1v) is 10.5. The molecule has 0 aliphatic carbocycles. The molecule has 2 aromatic heterocycles. The van der Waals surface area contributed by atoms with Gasteiger partial charge in [0, 0.05) is 37.2 Å². The van der Waals surface area contributed by atoms with Crippen LogP contribution < -0.4 is 5.32 Å². The van der Waals surface area contributed by atoms with E-state index < -0.39 is 29.7 Å². The monoisotopic (exact) mass is 485 g/mol. The molecular formula is C21H23ClF3N5O3. The molecule has 1 fully saturated rings. The van der Waals surface area contributed by atoms with Gasteiger partial charge in [-0.2, -0.15) is 13.2 Å². The number of halogens is 4. The highest BCUT2D eigenvalue weighted by Gasteiger charge is 2.36. The number of nitrogens with zero attached hydrogens (tertiary/aromatic N) is 4. The number of hydrogen-bond acceptors (Lipinski definition) is 6. The number of carbonyl (C=O) groups is 2. The van der Waals surface area contributed by atoms with E-state index >= 15 is 0 Å². The zero-order chi connectivity index (χ0) is 24.4. The van der Waals surface area contributed by atoms with Crippen LogP contribution in [-0.2, 0) is 22.3 Å². The second-order valence-electron chi connectivity index (χ2n) is 8.50. The SMILES string of the molecule is CC(C)(C)OC(=O)N1CCCC1C(=O)NCc1cc(-c2cnc(C(F)(F)F)nc2)ncc1Cl. The summed E-state index contributed by atoms with van der Waals surface area (Å²) in [6.07, 6.45) is -0.647. The van der Waals surface area contributed by atoms with Gasteiger partial charge in [0.05, 0.1) is 10.7 Å². The van der Waals surface area contributed by atoms with Crippen molar-refractivity contribution in [1.29, 1.82) is 0 Å². The average molecular weight is 486 g/mol. The smallest absolute Gasteiger partial charge is 0.444 e. The Kier molecular flexibility index (Phi) is 7.11. The lowest BCUT2D eigenvalue weighted by molar-refractivity contribution is -0.145. The summed E-state index contributed by atoms with van der Waals surface area (Å²) in [7, 11) is 0. The Hall–Kier alpha value is -2.95. The van der Waals surface area contributed by atoms with Crippen LogP contribution in [0, 0.1) is 0 Å². The van der Waals surface area contributed by atoms with Crippen molar-refractivity contribution in [1.82, 2.24) is 25.2 Å². The topological polar surface area (TPSA) is 97.3 Å². The molecule has 12 heteroatoms. The Morgan fingerprint density at radius 3 is 2.45 bits per heavy atom. The second kappa shape index (κ2) is 9.50. The number of hydrogen-bond donors (Lipinski definition) is 1. The van der Waals surface area contributed by atoms with E-state index in [1.54, 1.807) is 20.8 Å². The molecule has 3 heterocycles. The second-order valence-corrected chi connectivity index (χ2v) is 8.91. The van der Waals surface area contributed by atoms with Gasteiger partial charge in [0.1, 0.15) is 11.6 Å². The highest BCUT2D eigenvalue weighted by atomic mass is 35.5. The molecule has 3 rings (SSSR count). The summed E-state index contributed by atoms with van der Waals surface area (Å²) in [5.74, 6) is -1.61. The molecule has 33 heavy (non-hydrogen) atoms. The Morgan fingerprint density at radius 1 is 1.18 bits per heavy atom. The first-order chi connectivity index (χ1) is 15.3. The molecule has 2 aromatic rings. The van der Waals surface area contributed by atoms with Gasteiger partial charge < -0.3 is 10.1 Å². The van der Waals surface area contributed by atoms with Crippen LogP contribution in [0.5, 0.6) is 0 Å². The average Bonchev–Trinajstić information content (AvgIpc) is 3.21. The van der Waals surface area contributed by atoms with E-state index in [2.05, 4.69) is 20.3 Å². The van der Waals surface area contributed by atoms with Crippen molar-refractivity contribution in [2.45, 2.75) is 58.0 Å². The normalized spacial score (nSPS) is 16.6. The molecule has 1 atom stereocenters. The molecule has 8 nitrogen and oxygen atoms in total. The minimum absolute atomic E-state index is 0.0351. The fourth-order valence-electron chi connectivity index (χ4n) is 3.26. The van der Waals surface area contributed by atoms with Crippen molar-refractivity contribution in [2.24, 2.45) is 0 Å². The van der Waals surface area contributed by atoms with Gasteiger partial charge in [0.25, 0.3) is 0 Å². The summed E-state index contributed by atoms with van der Waals surface area (Å²) >= 11 is 6.19. The zero-order valence-electron chi connectivity index (χ0n) is 18.2. The van der Waals surface area contributed by atoms with Crippen molar-refractivity contribution in [3.05, 3.63) is 41.1 Å². The fraction of sp³-hybridized carbons (Fsp3) is 0.476. The Labute approximate surface area is 193 Å². The largest absolute Gasteiger partial charge is 0.451 e. The number of carbonyl (C=O) groups excluding carboxylic acids is 2. The lowest BCUT2D eigenvalue weighted by Gasteiger charge is -2.28. The number of ether oxygens (including phenoxy) is 1. The molecule has 1 aliphatic heterocycles. The van der Waals surface area contributed by atoms with Crippen LogP contribution in [0.2, 0.25) is 5.02 Å². The quantitative estimate of drug-likeness (QED) is 0.696. The number of aromatic nitrogens is 3. The molecule has 0 saturated carbocycles. The van der Waals surface area contributed by atoms with Crippen LogP contribution in [0.1, 0.15) is 45.0 Å². The van der Waals surface area contributed by atoms with E-state index in [1.807, 2.05) is 0 Å². The number of rotatable bonds is 4. The molecular weight excluding hydrogens is 463 g/mol. The lowest BCUT2D eigenvalue weighted by Crippen LogP contribution is -2.47. The van der Waals surface area contributed by atoms with Gasteiger partial charge in [-0.15, -0.1) is 0 Å². The van der Waals surface area contributed by atoms with Crippen molar-refractivity contribution in [3.8, 4) is 11.3 Å². The molecule has 2 amide bonds. The van der Waals surface area contributed by atoms with Crippen molar-refractivity contribution in [2.75, 3.05) is 6.54 Å². The highest BCUT2D eigenvalue weighted by Crippen LogP contribution is 2.28. The van der Waals surface area contributed by atoms with Gasteiger partial charge in [-0.25, -0.2) is 14.8 Å². The minimum Gasteiger partial charge on any atom is -0.444 e. The van der Waals surface area contributed by atoms with E-state index in [-0.39, 0.29) is 23.0 Å². The first kappa shape index (κ1) is 24.7. The van der Waals surface area contributed by atoms with E-state index in [4.69, 9.17) is 16.3 Å². The van der Waals surface area contributed by atoms with E-state index in [1.165, 1.54) is 17.2 Å². The third-order valence-corrected chi connectivity index (χ3v) is 5.11. The number of alkyl halides is 3. The summed E-state index contributed by atoms with van der Waals surface area (Å²) in [5, 5.41) is 3.02.